The highest BCUT2D eigenvalue weighted by atomic mass is 32.1. The maximum absolute atomic E-state index is 11.7. The molecule has 2 heterocycles. The van der Waals surface area contributed by atoms with Gasteiger partial charge in [-0.15, -0.1) is 0 Å². The van der Waals surface area contributed by atoms with Crippen molar-refractivity contribution in [2.24, 2.45) is 0 Å². The van der Waals surface area contributed by atoms with Gasteiger partial charge in [0.1, 0.15) is 6.23 Å². The van der Waals surface area contributed by atoms with E-state index in [0.717, 1.165) is 0 Å². The Balaban J connectivity index is 1.98. The maximum Gasteiger partial charge on any atom is 0.490 e. The molecule has 1 aliphatic heterocycles. The first-order chi connectivity index (χ1) is 13.2. The molecule has 6 N–H and O–H groups in total. The number of aliphatic hydroxyl groups excluding tert-OH is 1. The second-order valence-electron chi connectivity index (χ2n) is 5.66. The van der Waals surface area contributed by atoms with Gasteiger partial charge in [-0.1, -0.05) is 0 Å². The zero-order valence-corrected chi connectivity index (χ0v) is 17.8. The van der Waals surface area contributed by atoms with E-state index in [1.807, 2.05) is 0 Å². The maximum atomic E-state index is 11.7. The van der Waals surface area contributed by atoms with E-state index in [9.17, 15) is 23.4 Å². The standard InChI is InChI=1S/C10H17N2O13P3S/c13-4-6-3-12(10(29)11-9(6)14)8-2-1-7(23-8)5-22-27(18,19)25-28(20,21)24-26(15,16)17/h3,7-8,13H,1-2,4-5H2,(H,18,19)(H,20,21)(H,11,14,29)(H2,15,16,17)/t7-,8+/m0/s1. The molecule has 2 unspecified atom stereocenters. The van der Waals surface area contributed by atoms with Gasteiger partial charge in [0.05, 0.1) is 24.9 Å². The molecule has 0 bridgehead atoms. The number of phosphoric acid groups is 3. The first-order valence-electron chi connectivity index (χ1n) is 7.60. The average molecular weight is 498 g/mol. The van der Waals surface area contributed by atoms with Crippen molar-refractivity contribution >= 4 is 35.7 Å². The minimum Gasteiger partial charge on any atom is -0.391 e. The number of nitrogens with zero attached hydrogens (tertiary/aromatic N) is 1. The van der Waals surface area contributed by atoms with E-state index in [-0.39, 0.29) is 16.8 Å². The van der Waals surface area contributed by atoms with Crippen LogP contribution in [-0.4, -0.2) is 46.9 Å². The molecule has 15 nitrogen and oxygen atoms in total. The highest BCUT2D eigenvalue weighted by Gasteiger charge is 2.41. The van der Waals surface area contributed by atoms with Crippen LogP contribution in [0.4, 0.5) is 0 Å². The molecule has 166 valence electrons. The second kappa shape index (κ2) is 9.28. The summed E-state index contributed by atoms with van der Waals surface area (Å²) in [6.07, 6.45) is 0.442. The Morgan fingerprint density at radius 1 is 1.17 bits per heavy atom. The minimum absolute atomic E-state index is 0.0192. The van der Waals surface area contributed by atoms with Crippen LogP contribution in [-0.2, 0) is 38.2 Å². The molecule has 19 heteroatoms. The van der Waals surface area contributed by atoms with Crippen molar-refractivity contribution in [3.05, 3.63) is 26.9 Å². The topological polar surface area (TPSA) is 227 Å². The predicted octanol–water partition coefficient (Wildman–Crippen LogP) is 0.419. The summed E-state index contributed by atoms with van der Waals surface area (Å²) in [6, 6.07) is 0. The number of hydrogen-bond donors (Lipinski definition) is 6. The summed E-state index contributed by atoms with van der Waals surface area (Å²) in [5, 5.41) is 9.16. The van der Waals surface area contributed by atoms with Crippen molar-refractivity contribution in [1.82, 2.24) is 9.55 Å². The van der Waals surface area contributed by atoms with Crippen molar-refractivity contribution < 1.29 is 56.3 Å². The number of hydrogen-bond acceptors (Lipinski definition) is 10. The Morgan fingerprint density at radius 2 is 1.83 bits per heavy atom. The third kappa shape index (κ3) is 7.56. The van der Waals surface area contributed by atoms with Crippen LogP contribution in [0.2, 0.25) is 0 Å². The lowest BCUT2D eigenvalue weighted by molar-refractivity contribution is -0.0236. The molecule has 1 saturated heterocycles. The normalized spacial score (nSPS) is 24.2. The van der Waals surface area contributed by atoms with Crippen LogP contribution in [0.25, 0.3) is 0 Å². The summed E-state index contributed by atoms with van der Waals surface area (Å²) in [7, 11) is -16.3. The van der Waals surface area contributed by atoms with Gasteiger partial charge in [0, 0.05) is 6.20 Å². The van der Waals surface area contributed by atoms with E-state index in [1.54, 1.807) is 0 Å². The Labute approximate surface area is 167 Å². The lowest BCUT2D eigenvalue weighted by atomic mass is 10.2. The number of ether oxygens (including phenoxy) is 1. The fraction of sp³-hybridized carbons (Fsp3) is 0.600. The van der Waals surface area contributed by atoms with Crippen LogP contribution in [0.3, 0.4) is 0 Å². The Hall–Kier alpha value is -0.570. The third-order valence-electron chi connectivity index (χ3n) is 3.45. The van der Waals surface area contributed by atoms with Gasteiger partial charge >= 0.3 is 23.5 Å². The summed E-state index contributed by atoms with van der Waals surface area (Å²) in [5.74, 6) is 0. The molecular weight excluding hydrogens is 481 g/mol. The molecule has 29 heavy (non-hydrogen) atoms. The van der Waals surface area contributed by atoms with Crippen LogP contribution in [0, 0.1) is 4.77 Å². The Morgan fingerprint density at radius 3 is 2.41 bits per heavy atom. The molecule has 0 saturated carbocycles. The van der Waals surface area contributed by atoms with Gasteiger partial charge in [0.2, 0.25) is 0 Å². The van der Waals surface area contributed by atoms with Crippen molar-refractivity contribution in [2.75, 3.05) is 6.61 Å². The molecule has 1 aromatic heterocycles. The number of phosphoric ester groups is 1. The summed E-state index contributed by atoms with van der Waals surface area (Å²) >= 11 is 5.02. The molecule has 0 aliphatic carbocycles. The van der Waals surface area contributed by atoms with Crippen molar-refractivity contribution in [2.45, 2.75) is 31.8 Å². The lowest BCUT2D eigenvalue weighted by Crippen LogP contribution is -2.22. The van der Waals surface area contributed by atoms with E-state index in [0.29, 0.717) is 6.42 Å². The number of aromatic nitrogens is 2. The van der Waals surface area contributed by atoms with Crippen LogP contribution >= 0.6 is 35.7 Å². The second-order valence-corrected chi connectivity index (χ2v) is 10.5. The van der Waals surface area contributed by atoms with Gasteiger partial charge in [0.25, 0.3) is 5.56 Å². The molecular formula is C10H17N2O13P3S. The quantitative estimate of drug-likeness (QED) is 0.200. The first kappa shape index (κ1) is 24.7. The largest absolute Gasteiger partial charge is 0.490 e. The minimum atomic E-state index is -5.59. The number of aliphatic hydroxyl groups is 1. The Bertz CT molecular complexity index is 1000. The zero-order chi connectivity index (χ0) is 22.0. The number of aromatic amines is 1. The van der Waals surface area contributed by atoms with E-state index < -0.39 is 54.6 Å². The van der Waals surface area contributed by atoms with Gasteiger partial charge in [-0.25, -0.2) is 13.7 Å². The van der Waals surface area contributed by atoms with Crippen molar-refractivity contribution in [3.63, 3.8) is 0 Å². The number of nitrogens with one attached hydrogen (secondary N) is 1. The monoisotopic (exact) mass is 498 g/mol. The van der Waals surface area contributed by atoms with Gasteiger partial charge in [-0.3, -0.25) is 18.9 Å². The SMILES string of the molecule is O=c1[nH]c(=S)n([C@H]2CC[C@@H](COP(=O)(O)OP(=O)(O)OP(=O)(O)O)O2)cc1CO. The van der Waals surface area contributed by atoms with Gasteiger partial charge < -0.3 is 29.4 Å². The third-order valence-corrected chi connectivity index (χ3v) is 7.56. The summed E-state index contributed by atoms with van der Waals surface area (Å²) in [4.78, 5) is 49.4. The summed E-state index contributed by atoms with van der Waals surface area (Å²) < 4.78 is 52.2. The zero-order valence-electron chi connectivity index (χ0n) is 14.3. The highest BCUT2D eigenvalue weighted by molar-refractivity contribution is 7.71. The fourth-order valence-corrected chi connectivity index (χ4v) is 5.66. The first-order valence-corrected chi connectivity index (χ1v) is 12.5. The number of rotatable bonds is 9. The highest BCUT2D eigenvalue weighted by Crippen LogP contribution is 2.66. The molecule has 0 aromatic carbocycles. The molecule has 1 fully saturated rings. The van der Waals surface area contributed by atoms with Crippen LogP contribution in [0.5, 0.6) is 0 Å². The van der Waals surface area contributed by atoms with Gasteiger partial charge in [0.15, 0.2) is 4.77 Å². The van der Waals surface area contributed by atoms with Crippen LogP contribution in [0.1, 0.15) is 24.6 Å². The van der Waals surface area contributed by atoms with Crippen LogP contribution < -0.4 is 5.56 Å². The molecule has 2 rings (SSSR count). The van der Waals surface area contributed by atoms with Crippen molar-refractivity contribution in [3.8, 4) is 0 Å². The van der Waals surface area contributed by atoms with Crippen molar-refractivity contribution in [1.29, 1.82) is 0 Å². The number of H-pyrrole nitrogens is 1. The molecule has 0 amide bonds. The van der Waals surface area contributed by atoms with E-state index in [4.69, 9.17) is 36.7 Å². The van der Waals surface area contributed by atoms with Crippen LogP contribution in [0.15, 0.2) is 11.0 Å². The molecule has 1 aromatic rings. The predicted molar refractivity (Wildman–Crippen MR) is 94.8 cm³/mol. The molecule has 1 aliphatic rings. The fourth-order valence-electron chi connectivity index (χ4n) is 2.35. The lowest BCUT2D eigenvalue weighted by Gasteiger charge is -2.19. The molecule has 4 atom stereocenters. The van der Waals surface area contributed by atoms with Gasteiger partial charge in [-0.05, 0) is 25.1 Å². The Kier molecular flexibility index (Phi) is 7.91. The van der Waals surface area contributed by atoms with E-state index in [2.05, 4.69) is 18.1 Å². The average Bonchev–Trinajstić information content (AvgIpc) is 2.98. The van der Waals surface area contributed by atoms with E-state index >= 15 is 0 Å². The van der Waals surface area contributed by atoms with E-state index in [1.165, 1.54) is 10.8 Å². The van der Waals surface area contributed by atoms with Gasteiger partial charge in [-0.2, -0.15) is 8.62 Å². The summed E-state index contributed by atoms with van der Waals surface area (Å²) in [6.45, 7) is -1.13. The molecule has 0 spiro atoms. The smallest absolute Gasteiger partial charge is 0.391 e. The molecule has 0 radical (unpaired) electrons. The summed E-state index contributed by atoms with van der Waals surface area (Å²) in [5.41, 5.74) is -0.519.